The van der Waals surface area contributed by atoms with Crippen LogP contribution in [-0.2, 0) is 6.42 Å². The molecule has 0 saturated carbocycles. The van der Waals surface area contributed by atoms with E-state index in [2.05, 4.69) is 6.92 Å². The molecule has 0 aliphatic rings. The van der Waals surface area contributed by atoms with Crippen molar-refractivity contribution >= 4 is 0 Å². The second kappa shape index (κ2) is 4.56. The van der Waals surface area contributed by atoms with Gasteiger partial charge in [0, 0.05) is 5.54 Å². The third-order valence-corrected chi connectivity index (χ3v) is 2.34. The molecule has 2 heteroatoms. The van der Waals surface area contributed by atoms with E-state index in [9.17, 15) is 4.39 Å². The molecule has 1 unspecified atom stereocenters. The van der Waals surface area contributed by atoms with Crippen LogP contribution in [0, 0.1) is 5.82 Å². The normalized spacial score (nSPS) is 15.1. The SMILES string of the molecule is CCCC(C)(N)Cc1ccc(F)cc1. The molecule has 1 aromatic rings. The fraction of sp³-hybridized carbons (Fsp3) is 0.500. The summed E-state index contributed by atoms with van der Waals surface area (Å²) in [6.45, 7) is 4.16. The van der Waals surface area contributed by atoms with E-state index in [4.69, 9.17) is 5.73 Å². The van der Waals surface area contributed by atoms with E-state index < -0.39 is 0 Å². The third-order valence-electron chi connectivity index (χ3n) is 2.34. The Balaban J connectivity index is 2.64. The van der Waals surface area contributed by atoms with Crippen molar-refractivity contribution in [2.24, 2.45) is 5.73 Å². The van der Waals surface area contributed by atoms with Crippen LogP contribution in [0.1, 0.15) is 32.3 Å². The van der Waals surface area contributed by atoms with Gasteiger partial charge in [-0.05, 0) is 37.5 Å². The molecule has 0 heterocycles. The number of rotatable bonds is 4. The second-order valence-corrected chi connectivity index (χ2v) is 4.21. The molecule has 2 N–H and O–H groups in total. The minimum absolute atomic E-state index is 0.174. The molecule has 78 valence electrons. The Kier molecular flexibility index (Phi) is 3.64. The van der Waals surface area contributed by atoms with Crippen LogP contribution >= 0.6 is 0 Å². The lowest BCUT2D eigenvalue weighted by Crippen LogP contribution is -2.38. The molecule has 0 radical (unpaired) electrons. The molecule has 0 bridgehead atoms. The Hall–Kier alpha value is -0.890. The smallest absolute Gasteiger partial charge is 0.123 e. The summed E-state index contributed by atoms with van der Waals surface area (Å²) in [7, 11) is 0. The monoisotopic (exact) mass is 195 g/mol. The van der Waals surface area contributed by atoms with E-state index in [1.54, 1.807) is 12.1 Å². The number of hydrogen-bond donors (Lipinski definition) is 1. The highest BCUT2D eigenvalue weighted by Gasteiger charge is 2.17. The highest BCUT2D eigenvalue weighted by atomic mass is 19.1. The number of hydrogen-bond acceptors (Lipinski definition) is 1. The first-order chi connectivity index (χ1) is 6.53. The van der Waals surface area contributed by atoms with E-state index >= 15 is 0 Å². The molecule has 0 aliphatic heterocycles. The first-order valence-electron chi connectivity index (χ1n) is 5.07. The molecule has 0 aromatic heterocycles. The van der Waals surface area contributed by atoms with Crippen LogP contribution in [0.3, 0.4) is 0 Å². The van der Waals surface area contributed by atoms with E-state index in [1.807, 2.05) is 6.92 Å². The zero-order valence-corrected chi connectivity index (χ0v) is 8.89. The fourth-order valence-electron chi connectivity index (χ4n) is 1.73. The maximum Gasteiger partial charge on any atom is 0.123 e. The predicted octanol–water partition coefficient (Wildman–Crippen LogP) is 2.89. The molecule has 1 atom stereocenters. The first-order valence-corrected chi connectivity index (χ1v) is 5.07. The summed E-state index contributed by atoms with van der Waals surface area (Å²) in [6.07, 6.45) is 2.87. The minimum Gasteiger partial charge on any atom is -0.325 e. The third kappa shape index (κ3) is 3.46. The van der Waals surface area contributed by atoms with Crippen molar-refractivity contribution in [1.29, 1.82) is 0 Å². The van der Waals surface area contributed by atoms with Gasteiger partial charge in [-0.25, -0.2) is 4.39 Å². The van der Waals surface area contributed by atoms with E-state index in [0.29, 0.717) is 0 Å². The predicted molar refractivity (Wildman–Crippen MR) is 57.6 cm³/mol. The van der Waals surface area contributed by atoms with Crippen LogP contribution in [0.25, 0.3) is 0 Å². The van der Waals surface area contributed by atoms with Crippen molar-refractivity contribution < 1.29 is 4.39 Å². The summed E-state index contributed by atoms with van der Waals surface area (Å²) in [5.41, 5.74) is 7.03. The zero-order valence-electron chi connectivity index (χ0n) is 8.89. The van der Waals surface area contributed by atoms with Gasteiger partial charge >= 0.3 is 0 Å². The van der Waals surface area contributed by atoms with Gasteiger partial charge in [-0.1, -0.05) is 25.5 Å². The van der Waals surface area contributed by atoms with Crippen LogP contribution in [0.4, 0.5) is 4.39 Å². The lowest BCUT2D eigenvalue weighted by atomic mass is 9.90. The molecule has 0 fully saturated rings. The van der Waals surface area contributed by atoms with Crippen molar-refractivity contribution in [3.8, 4) is 0 Å². The largest absolute Gasteiger partial charge is 0.325 e. The van der Waals surface area contributed by atoms with Gasteiger partial charge in [-0.2, -0.15) is 0 Å². The highest BCUT2D eigenvalue weighted by Crippen LogP contribution is 2.16. The average molecular weight is 195 g/mol. The average Bonchev–Trinajstić information content (AvgIpc) is 2.08. The fourth-order valence-corrected chi connectivity index (χ4v) is 1.73. The Morgan fingerprint density at radius 1 is 1.29 bits per heavy atom. The van der Waals surface area contributed by atoms with Crippen LogP contribution in [0.15, 0.2) is 24.3 Å². The molecule has 0 aliphatic carbocycles. The molecule has 1 aromatic carbocycles. The second-order valence-electron chi connectivity index (χ2n) is 4.21. The summed E-state index contributed by atoms with van der Waals surface area (Å²) in [5, 5.41) is 0. The van der Waals surface area contributed by atoms with Crippen molar-refractivity contribution in [2.75, 3.05) is 0 Å². The summed E-state index contributed by atoms with van der Waals surface area (Å²) in [4.78, 5) is 0. The molecular formula is C12H18FN. The lowest BCUT2D eigenvalue weighted by molar-refractivity contribution is 0.424. The Bertz CT molecular complexity index is 277. The quantitative estimate of drug-likeness (QED) is 0.785. The summed E-state index contributed by atoms with van der Waals surface area (Å²) in [5.74, 6) is -0.192. The molecule has 1 nitrogen and oxygen atoms in total. The van der Waals surface area contributed by atoms with Gasteiger partial charge in [0.1, 0.15) is 5.82 Å². The van der Waals surface area contributed by atoms with Gasteiger partial charge in [-0.3, -0.25) is 0 Å². The van der Waals surface area contributed by atoms with Gasteiger partial charge in [0.05, 0.1) is 0 Å². The van der Waals surface area contributed by atoms with Crippen molar-refractivity contribution in [1.82, 2.24) is 0 Å². The minimum atomic E-state index is -0.192. The molecule has 0 spiro atoms. The summed E-state index contributed by atoms with van der Waals surface area (Å²) >= 11 is 0. The van der Waals surface area contributed by atoms with Crippen molar-refractivity contribution in [2.45, 2.75) is 38.6 Å². The zero-order chi connectivity index (χ0) is 10.6. The van der Waals surface area contributed by atoms with Gasteiger partial charge < -0.3 is 5.73 Å². The van der Waals surface area contributed by atoms with Crippen molar-refractivity contribution in [3.63, 3.8) is 0 Å². The molecule has 1 rings (SSSR count). The van der Waals surface area contributed by atoms with Crippen LogP contribution < -0.4 is 5.73 Å². The van der Waals surface area contributed by atoms with Gasteiger partial charge in [0.15, 0.2) is 0 Å². The van der Waals surface area contributed by atoms with E-state index in [-0.39, 0.29) is 11.4 Å². The number of benzene rings is 1. The highest BCUT2D eigenvalue weighted by molar-refractivity contribution is 5.18. The van der Waals surface area contributed by atoms with E-state index in [1.165, 1.54) is 12.1 Å². The maximum atomic E-state index is 12.6. The molecular weight excluding hydrogens is 177 g/mol. The van der Waals surface area contributed by atoms with Crippen LogP contribution in [-0.4, -0.2) is 5.54 Å². The summed E-state index contributed by atoms with van der Waals surface area (Å²) < 4.78 is 12.6. The standard InChI is InChI=1S/C12H18FN/c1-3-8-12(2,14)9-10-4-6-11(13)7-5-10/h4-7H,3,8-9,14H2,1-2H3. The summed E-state index contributed by atoms with van der Waals surface area (Å²) in [6, 6.07) is 6.57. The molecule has 14 heavy (non-hydrogen) atoms. The van der Waals surface area contributed by atoms with Crippen LogP contribution in [0.2, 0.25) is 0 Å². The topological polar surface area (TPSA) is 26.0 Å². The first kappa shape index (κ1) is 11.2. The number of halogens is 1. The lowest BCUT2D eigenvalue weighted by Gasteiger charge is -2.24. The molecule has 0 saturated heterocycles. The van der Waals surface area contributed by atoms with Crippen LogP contribution in [0.5, 0.6) is 0 Å². The molecule has 0 amide bonds. The Morgan fingerprint density at radius 2 is 1.86 bits per heavy atom. The van der Waals surface area contributed by atoms with E-state index in [0.717, 1.165) is 24.8 Å². The van der Waals surface area contributed by atoms with Crippen molar-refractivity contribution in [3.05, 3.63) is 35.6 Å². The Morgan fingerprint density at radius 3 is 2.36 bits per heavy atom. The van der Waals surface area contributed by atoms with Gasteiger partial charge in [0.25, 0.3) is 0 Å². The number of nitrogens with two attached hydrogens (primary N) is 1. The van der Waals surface area contributed by atoms with Gasteiger partial charge in [0.2, 0.25) is 0 Å². The Labute approximate surface area is 85.1 Å². The maximum absolute atomic E-state index is 12.6. The van der Waals surface area contributed by atoms with Gasteiger partial charge in [-0.15, -0.1) is 0 Å².